The summed E-state index contributed by atoms with van der Waals surface area (Å²) >= 11 is 3.11. The Bertz CT molecular complexity index is 513. The number of carbonyl (C=O) groups is 1. The lowest BCUT2D eigenvalue weighted by molar-refractivity contribution is 0.101. The Balaban J connectivity index is 2.45. The number of thiazole rings is 2. The van der Waals surface area contributed by atoms with Gasteiger partial charge in [-0.25, -0.2) is 9.97 Å². The summed E-state index contributed by atoms with van der Waals surface area (Å²) in [7, 11) is 0. The average molecular weight is 238 g/mol. The van der Waals surface area contributed by atoms with Crippen LogP contribution in [0.25, 0.3) is 9.88 Å². The molecule has 0 aliphatic heterocycles. The van der Waals surface area contributed by atoms with Crippen molar-refractivity contribution in [3.8, 4) is 9.88 Å². The van der Waals surface area contributed by atoms with Crippen LogP contribution in [0.3, 0.4) is 0 Å². The highest BCUT2D eigenvalue weighted by molar-refractivity contribution is 7.21. The molecule has 2 aromatic rings. The molecule has 15 heavy (non-hydrogen) atoms. The normalized spacial score (nSPS) is 10.6. The number of Topliss-reactive ketones (excluding diaryl/α,β-unsaturated/α-hetero) is 1. The second kappa shape index (κ2) is 3.83. The average Bonchev–Trinajstić information content (AvgIpc) is 2.71. The summed E-state index contributed by atoms with van der Waals surface area (Å²) in [4.78, 5) is 20.8. The van der Waals surface area contributed by atoms with Gasteiger partial charge in [0.15, 0.2) is 5.78 Å². The number of aromatic nitrogens is 2. The molecule has 0 atom stereocenters. The maximum atomic E-state index is 11.1. The fourth-order valence-corrected chi connectivity index (χ4v) is 3.19. The maximum absolute atomic E-state index is 11.1. The number of aryl methyl sites for hydroxylation is 2. The van der Waals surface area contributed by atoms with Gasteiger partial charge in [0.05, 0.1) is 15.6 Å². The molecular weight excluding hydrogens is 228 g/mol. The molecule has 0 N–H and O–H groups in total. The lowest BCUT2D eigenvalue weighted by Crippen LogP contribution is -1.91. The van der Waals surface area contributed by atoms with Crippen molar-refractivity contribution in [2.24, 2.45) is 0 Å². The molecule has 78 valence electrons. The second-order valence-corrected chi connectivity index (χ2v) is 5.30. The Kier molecular flexibility index (Phi) is 2.67. The zero-order valence-corrected chi connectivity index (χ0v) is 10.3. The number of nitrogens with zero attached hydrogens (tertiary/aromatic N) is 2. The number of ketones is 1. The van der Waals surface area contributed by atoms with Crippen LogP contribution in [0.5, 0.6) is 0 Å². The Hall–Kier alpha value is -1.07. The Morgan fingerprint density at radius 3 is 2.53 bits per heavy atom. The Morgan fingerprint density at radius 2 is 2.07 bits per heavy atom. The minimum atomic E-state index is 0.0105. The van der Waals surface area contributed by atoms with Gasteiger partial charge in [-0.3, -0.25) is 4.79 Å². The third kappa shape index (κ3) is 1.98. The van der Waals surface area contributed by atoms with E-state index in [-0.39, 0.29) is 5.78 Å². The minimum absolute atomic E-state index is 0.0105. The van der Waals surface area contributed by atoms with Crippen LogP contribution in [0, 0.1) is 13.8 Å². The van der Waals surface area contributed by atoms with Crippen LogP contribution in [0.2, 0.25) is 0 Å². The first-order chi connectivity index (χ1) is 7.08. The van der Waals surface area contributed by atoms with Crippen molar-refractivity contribution in [2.45, 2.75) is 20.8 Å². The molecule has 2 heterocycles. The molecule has 3 nitrogen and oxygen atoms in total. The lowest BCUT2D eigenvalue weighted by atomic mass is 10.3. The molecule has 0 bridgehead atoms. The summed E-state index contributed by atoms with van der Waals surface area (Å²) in [6.45, 7) is 5.47. The van der Waals surface area contributed by atoms with Gasteiger partial charge in [-0.1, -0.05) is 0 Å². The SMILES string of the molecule is CC(=O)c1csc(-c2sc(C)nc2C)n1. The highest BCUT2D eigenvalue weighted by Crippen LogP contribution is 2.31. The standard InChI is InChI=1S/C10H10N2OS2/c1-5-9(15-7(3)11-5)10-12-8(4-14-10)6(2)13/h4H,1-3H3. The van der Waals surface area contributed by atoms with Crippen molar-refractivity contribution < 1.29 is 4.79 Å². The van der Waals surface area contributed by atoms with Gasteiger partial charge in [-0.2, -0.15) is 0 Å². The van der Waals surface area contributed by atoms with Crippen molar-refractivity contribution in [1.82, 2.24) is 9.97 Å². The first kappa shape index (κ1) is 10.4. The smallest absolute Gasteiger partial charge is 0.178 e. The highest BCUT2D eigenvalue weighted by atomic mass is 32.1. The summed E-state index contributed by atoms with van der Waals surface area (Å²) in [6, 6.07) is 0. The molecule has 0 spiro atoms. The van der Waals surface area contributed by atoms with Crippen molar-refractivity contribution >= 4 is 28.5 Å². The Morgan fingerprint density at radius 1 is 1.33 bits per heavy atom. The van der Waals surface area contributed by atoms with E-state index in [0.29, 0.717) is 5.69 Å². The molecule has 0 aromatic carbocycles. The van der Waals surface area contributed by atoms with Crippen LogP contribution < -0.4 is 0 Å². The van der Waals surface area contributed by atoms with Gasteiger partial charge in [-0.05, 0) is 13.8 Å². The van der Waals surface area contributed by atoms with Gasteiger partial charge in [0, 0.05) is 12.3 Å². The molecule has 0 aliphatic rings. The molecule has 0 fully saturated rings. The van der Waals surface area contributed by atoms with E-state index in [0.717, 1.165) is 20.6 Å². The van der Waals surface area contributed by atoms with Gasteiger partial charge in [0.25, 0.3) is 0 Å². The van der Waals surface area contributed by atoms with Crippen molar-refractivity contribution in [1.29, 1.82) is 0 Å². The molecule has 0 aliphatic carbocycles. The first-order valence-electron chi connectivity index (χ1n) is 4.49. The van der Waals surface area contributed by atoms with E-state index in [2.05, 4.69) is 9.97 Å². The van der Waals surface area contributed by atoms with Crippen molar-refractivity contribution in [2.75, 3.05) is 0 Å². The highest BCUT2D eigenvalue weighted by Gasteiger charge is 2.13. The zero-order chi connectivity index (χ0) is 11.0. The van der Waals surface area contributed by atoms with E-state index in [1.165, 1.54) is 18.3 Å². The van der Waals surface area contributed by atoms with E-state index < -0.39 is 0 Å². The molecule has 0 unspecified atom stereocenters. The fraction of sp³-hybridized carbons (Fsp3) is 0.300. The summed E-state index contributed by atoms with van der Waals surface area (Å²) in [5.74, 6) is 0.0105. The lowest BCUT2D eigenvalue weighted by Gasteiger charge is -1.90. The molecule has 2 aromatic heterocycles. The van der Waals surface area contributed by atoms with Gasteiger partial charge in [0.1, 0.15) is 10.7 Å². The largest absolute Gasteiger partial charge is 0.293 e. The summed E-state index contributed by atoms with van der Waals surface area (Å²) in [5.41, 5.74) is 1.53. The van der Waals surface area contributed by atoms with Crippen LogP contribution in [-0.4, -0.2) is 15.8 Å². The fourth-order valence-electron chi connectivity index (χ4n) is 1.27. The third-order valence-corrected chi connectivity index (χ3v) is 4.03. The molecule has 0 saturated carbocycles. The summed E-state index contributed by atoms with van der Waals surface area (Å²) in [5, 5.41) is 3.72. The quantitative estimate of drug-likeness (QED) is 0.755. The van der Waals surface area contributed by atoms with E-state index in [4.69, 9.17) is 0 Å². The molecule has 0 amide bonds. The summed E-state index contributed by atoms with van der Waals surface area (Å²) in [6.07, 6.45) is 0. The van der Waals surface area contributed by atoms with Crippen molar-refractivity contribution in [3.63, 3.8) is 0 Å². The minimum Gasteiger partial charge on any atom is -0.293 e. The van der Waals surface area contributed by atoms with E-state index in [9.17, 15) is 4.79 Å². The van der Waals surface area contributed by atoms with Gasteiger partial charge in [0.2, 0.25) is 0 Å². The molecule has 0 saturated heterocycles. The number of hydrogen-bond donors (Lipinski definition) is 0. The Labute approximate surface area is 95.8 Å². The van der Waals surface area contributed by atoms with E-state index in [1.54, 1.807) is 16.7 Å². The van der Waals surface area contributed by atoms with Gasteiger partial charge >= 0.3 is 0 Å². The molecule has 5 heteroatoms. The second-order valence-electron chi connectivity index (χ2n) is 3.24. The molecular formula is C10H10N2OS2. The number of rotatable bonds is 2. The summed E-state index contributed by atoms with van der Waals surface area (Å²) < 4.78 is 0. The number of hydrogen-bond acceptors (Lipinski definition) is 5. The predicted octanol–water partition coefficient (Wildman–Crippen LogP) is 3.09. The van der Waals surface area contributed by atoms with Crippen LogP contribution >= 0.6 is 22.7 Å². The maximum Gasteiger partial charge on any atom is 0.178 e. The first-order valence-corrected chi connectivity index (χ1v) is 6.18. The van der Waals surface area contributed by atoms with Gasteiger partial charge in [-0.15, -0.1) is 22.7 Å². The van der Waals surface area contributed by atoms with Gasteiger partial charge < -0.3 is 0 Å². The van der Waals surface area contributed by atoms with Crippen LogP contribution in [-0.2, 0) is 0 Å². The number of carbonyl (C=O) groups excluding carboxylic acids is 1. The van der Waals surface area contributed by atoms with Crippen LogP contribution in [0.1, 0.15) is 28.1 Å². The van der Waals surface area contributed by atoms with Crippen LogP contribution in [0.15, 0.2) is 5.38 Å². The van der Waals surface area contributed by atoms with Crippen molar-refractivity contribution in [3.05, 3.63) is 21.8 Å². The van der Waals surface area contributed by atoms with E-state index in [1.807, 2.05) is 13.8 Å². The molecule has 0 radical (unpaired) electrons. The topological polar surface area (TPSA) is 42.9 Å². The monoisotopic (exact) mass is 238 g/mol. The predicted molar refractivity (Wildman–Crippen MR) is 62.7 cm³/mol. The van der Waals surface area contributed by atoms with Crippen LogP contribution in [0.4, 0.5) is 0 Å². The third-order valence-electron chi connectivity index (χ3n) is 1.96. The molecule has 2 rings (SSSR count). The zero-order valence-electron chi connectivity index (χ0n) is 8.70. The van der Waals surface area contributed by atoms with E-state index >= 15 is 0 Å².